The third-order valence-corrected chi connectivity index (χ3v) is 6.11. The maximum Gasteiger partial charge on any atom is 0.257 e. The molecule has 3 aromatic rings. The lowest BCUT2D eigenvalue weighted by Crippen LogP contribution is -2.29. The Labute approximate surface area is 172 Å². The molecule has 0 radical (unpaired) electrons. The fraction of sp³-hybridized carbons (Fsp3) is 0.350. The summed E-state index contributed by atoms with van der Waals surface area (Å²) < 4.78 is 6.53. The second kappa shape index (κ2) is 8.32. The molecule has 0 atom stereocenters. The molecule has 1 saturated heterocycles. The van der Waals surface area contributed by atoms with Crippen molar-refractivity contribution in [1.82, 2.24) is 9.97 Å². The number of hydrogen-bond acceptors (Lipinski definition) is 6. The third-order valence-electron chi connectivity index (χ3n) is 4.84. The molecule has 8 heteroatoms. The molecule has 2 aromatic heterocycles. The van der Waals surface area contributed by atoms with Gasteiger partial charge in [-0.15, -0.1) is 11.6 Å². The number of fused-ring (bicyclic) bond motifs is 1. The van der Waals surface area contributed by atoms with E-state index in [4.69, 9.17) is 16.3 Å². The number of benzene rings is 1. The number of methoxy groups -OCH3 is 1. The van der Waals surface area contributed by atoms with Crippen LogP contribution in [0.2, 0.25) is 0 Å². The minimum Gasteiger partial charge on any atom is -0.494 e. The second-order valence-electron chi connectivity index (χ2n) is 6.66. The lowest BCUT2D eigenvalue weighted by Gasteiger charge is -2.29. The molecule has 0 aliphatic carbocycles. The molecule has 0 bridgehead atoms. The van der Waals surface area contributed by atoms with Crippen LogP contribution in [-0.2, 0) is 5.88 Å². The Morgan fingerprint density at radius 1 is 1.29 bits per heavy atom. The number of aromatic nitrogens is 2. The summed E-state index contributed by atoms with van der Waals surface area (Å²) in [6.45, 7) is 2.08. The third kappa shape index (κ3) is 3.77. The van der Waals surface area contributed by atoms with Crippen LogP contribution in [-0.4, -0.2) is 36.1 Å². The zero-order valence-corrected chi connectivity index (χ0v) is 17.1. The van der Waals surface area contributed by atoms with Gasteiger partial charge in [0, 0.05) is 24.8 Å². The Morgan fingerprint density at radius 2 is 2.11 bits per heavy atom. The van der Waals surface area contributed by atoms with Gasteiger partial charge >= 0.3 is 0 Å². The van der Waals surface area contributed by atoms with Crippen LogP contribution in [0, 0.1) is 0 Å². The number of hydrogen-bond donors (Lipinski definition) is 1. The summed E-state index contributed by atoms with van der Waals surface area (Å²) in [7, 11) is 1.64. The van der Waals surface area contributed by atoms with Gasteiger partial charge in [0.05, 0.1) is 29.1 Å². The minimum atomic E-state index is -0.230. The van der Waals surface area contributed by atoms with Crippen LogP contribution in [0.4, 0.5) is 10.8 Å². The maximum absolute atomic E-state index is 12.6. The van der Waals surface area contributed by atoms with Gasteiger partial charge in [0.2, 0.25) is 0 Å². The quantitative estimate of drug-likeness (QED) is 0.611. The van der Waals surface area contributed by atoms with Crippen molar-refractivity contribution in [3.05, 3.63) is 41.7 Å². The van der Waals surface area contributed by atoms with Crippen molar-refractivity contribution in [2.75, 3.05) is 30.4 Å². The molecule has 0 unspecified atom stereocenters. The minimum absolute atomic E-state index is 0.230. The van der Waals surface area contributed by atoms with E-state index in [2.05, 4.69) is 26.3 Å². The van der Waals surface area contributed by atoms with Crippen molar-refractivity contribution in [2.45, 2.75) is 25.1 Å². The normalized spacial score (nSPS) is 14.3. The van der Waals surface area contributed by atoms with E-state index in [1.54, 1.807) is 25.4 Å². The largest absolute Gasteiger partial charge is 0.494 e. The van der Waals surface area contributed by atoms with Crippen LogP contribution in [0.25, 0.3) is 10.2 Å². The molecule has 6 nitrogen and oxygen atoms in total. The maximum atomic E-state index is 12.6. The van der Waals surface area contributed by atoms with Gasteiger partial charge in [0.25, 0.3) is 5.91 Å². The average Bonchev–Trinajstić information content (AvgIpc) is 3.17. The van der Waals surface area contributed by atoms with E-state index in [0.29, 0.717) is 22.1 Å². The molecule has 1 aliphatic rings. The number of ether oxygens (including phenoxy) is 1. The monoisotopic (exact) mass is 416 g/mol. The van der Waals surface area contributed by atoms with E-state index in [0.717, 1.165) is 29.0 Å². The summed E-state index contributed by atoms with van der Waals surface area (Å²) in [5.41, 5.74) is 3.10. The molecule has 28 heavy (non-hydrogen) atoms. The van der Waals surface area contributed by atoms with Gasteiger partial charge in [0.15, 0.2) is 5.13 Å². The van der Waals surface area contributed by atoms with Gasteiger partial charge in [-0.25, -0.2) is 4.98 Å². The van der Waals surface area contributed by atoms with Gasteiger partial charge < -0.3 is 9.64 Å². The van der Waals surface area contributed by atoms with Crippen molar-refractivity contribution < 1.29 is 9.53 Å². The highest BCUT2D eigenvalue weighted by atomic mass is 35.5. The van der Waals surface area contributed by atoms with Gasteiger partial charge in [-0.1, -0.05) is 11.3 Å². The molecule has 1 N–H and O–H groups in total. The van der Waals surface area contributed by atoms with Crippen molar-refractivity contribution >= 4 is 49.9 Å². The van der Waals surface area contributed by atoms with Crippen molar-refractivity contribution in [3.63, 3.8) is 0 Å². The molecule has 1 amide bonds. The molecular weight excluding hydrogens is 396 g/mol. The van der Waals surface area contributed by atoms with E-state index in [9.17, 15) is 4.79 Å². The number of anilines is 2. The number of halogens is 1. The lowest BCUT2D eigenvalue weighted by atomic mass is 10.1. The molecule has 0 spiro atoms. The Hall–Kier alpha value is -2.38. The number of carbonyl (C=O) groups excluding carboxylic acids is 1. The number of piperidine rings is 1. The van der Waals surface area contributed by atoms with Crippen molar-refractivity contribution in [2.24, 2.45) is 0 Å². The summed E-state index contributed by atoms with van der Waals surface area (Å²) in [6, 6.07) is 7.40. The fourth-order valence-electron chi connectivity index (χ4n) is 3.43. The SMILES string of the molecule is COc1ccc(N2CCCCC2)c2sc(NC(=O)c3ccnc(CCl)c3)nc12. The number of alkyl halides is 1. The Bertz CT molecular complexity index is 1000. The highest BCUT2D eigenvalue weighted by Crippen LogP contribution is 2.40. The van der Waals surface area contributed by atoms with Gasteiger partial charge in [-0.2, -0.15) is 0 Å². The Morgan fingerprint density at radius 3 is 2.86 bits per heavy atom. The van der Waals surface area contributed by atoms with E-state index >= 15 is 0 Å². The van der Waals surface area contributed by atoms with E-state index in [1.165, 1.54) is 30.6 Å². The Balaban J connectivity index is 1.66. The van der Waals surface area contributed by atoms with Crippen LogP contribution in [0.1, 0.15) is 35.3 Å². The zero-order valence-electron chi connectivity index (χ0n) is 15.6. The first-order chi connectivity index (χ1) is 13.7. The zero-order chi connectivity index (χ0) is 19.5. The average molecular weight is 417 g/mol. The molecule has 0 saturated carbocycles. The first-order valence-corrected chi connectivity index (χ1v) is 10.6. The smallest absolute Gasteiger partial charge is 0.257 e. The number of amides is 1. The van der Waals surface area contributed by atoms with Crippen LogP contribution in [0.5, 0.6) is 5.75 Å². The summed E-state index contributed by atoms with van der Waals surface area (Å²) in [6.07, 6.45) is 5.25. The van der Waals surface area contributed by atoms with Crippen LogP contribution < -0.4 is 15.0 Å². The summed E-state index contributed by atoms with van der Waals surface area (Å²) in [5.74, 6) is 0.741. The summed E-state index contributed by atoms with van der Waals surface area (Å²) in [4.78, 5) is 23.8. The topological polar surface area (TPSA) is 67.3 Å². The van der Waals surface area contributed by atoms with Crippen LogP contribution in [0.15, 0.2) is 30.5 Å². The lowest BCUT2D eigenvalue weighted by molar-refractivity contribution is 0.102. The van der Waals surface area contributed by atoms with E-state index < -0.39 is 0 Å². The second-order valence-corrected chi connectivity index (χ2v) is 7.92. The number of pyridine rings is 1. The molecule has 1 fully saturated rings. The molecule has 3 heterocycles. The number of nitrogens with one attached hydrogen (secondary N) is 1. The van der Waals surface area contributed by atoms with Gasteiger partial charge in [0.1, 0.15) is 11.3 Å². The number of carbonyl (C=O) groups is 1. The van der Waals surface area contributed by atoms with E-state index in [1.807, 2.05) is 6.07 Å². The Kier molecular flexibility index (Phi) is 5.64. The van der Waals surface area contributed by atoms with Gasteiger partial charge in [-0.05, 0) is 43.5 Å². The van der Waals surface area contributed by atoms with Gasteiger partial charge in [-0.3, -0.25) is 15.1 Å². The summed E-state index contributed by atoms with van der Waals surface area (Å²) in [5, 5.41) is 3.45. The van der Waals surface area contributed by atoms with E-state index in [-0.39, 0.29) is 11.8 Å². The fourth-order valence-corrected chi connectivity index (χ4v) is 4.60. The first-order valence-electron chi connectivity index (χ1n) is 9.24. The number of rotatable bonds is 5. The number of thiazole rings is 1. The molecule has 4 rings (SSSR count). The molecule has 1 aliphatic heterocycles. The van der Waals surface area contributed by atoms with Crippen LogP contribution in [0.3, 0.4) is 0 Å². The van der Waals surface area contributed by atoms with Crippen molar-refractivity contribution in [1.29, 1.82) is 0 Å². The highest BCUT2D eigenvalue weighted by Gasteiger charge is 2.20. The standard InChI is InChI=1S/C20H21ClN4O2S/c1-27-16-6-5-15(25-9-3-2-4-10-25)18-17(16)23-20(28-18)24-19(26)13-7-8-22-14(11-13)12-21/h5-8,11H,2-4,9-10,12H2,1H3,(H,23,24,26). The first kappa shape index (κ1) is 19.0. The predicted octanol–water partition coefficient (Wildman–Crippen LogP) is 4.68. The van der Waals surface area contributed by atoms with Crippen LogP contribution >= 0.6 is 22.9 Å². The molecule has 1 aromatic carbocycles. The summed E-state index contributed by atoms with van der Waals surface area (Å²) >= 11 is 7.29. The predicted molar refractivity (Wildman–Crippen MR) is 114 cm³/mol. The number of nitrogens with zero attached hydrogens (tertiary/aromatic N) is 3. The highest BCUT2D eigenvalue weighted by molar-refractivity contribution is 7.23. The molecular formula is C20H21ClN4O2S. The van der Waals surface area contributed by atoms with Crippen molar-refractivity contribution in [3.8, 4) is 5.75 Å². The molecule has 146 valence electrons.